The standard InChI is InChI=1S/C6H9IO2/c1-3-5(7)4(2)6(8)9/h5H,2-3H2,1H3,(H,8,9). The molecule has 0 radical (unpaired) electrons. The fourth-order valence-electron chi connectivity index (χ4n) is 0.380. The lowest BCUT2D eigenvalue weighted by atomic mass is 10.2. The van der Waals surface area contributed by atoms with Crippen molar-refractivity contribution in [3.8, 4) is 0 Å². The van der Waals surface area contributed by atoms with Gasteiger partial charge in [-0.15, -0.1) is 0 Å². The van der Waals surface area contributed by atoms with E-state index in [1.54, 1.807) is 0 Å². The van der Waals surface area contributed by atoms with E-state index in [1.807, 2.05) is 6.92 Å². The van der Waals surface area contributed by atoms with Gasteiger partial charge in [0.2, 0.25) is 0 Å². The fraction of sp³-hybridized carbons (Fsp3) is 0.500. The van der Waals surface area contributed by atoms with E-state index in [1.165, 1.54) is 0 Å². The van der Waals surface area contributed by atoms with Crippen LogP contribution in [0.5, 0.6) is 0 Å². The second-order valence-corrected chi connectivity index (χ2v) is 3.21. The van der Waals surface area contributed by atoms with E-state index in [9.17, 15) is 4.79 Å². The number of carboxylic acids is 1. The molecule has 0 rings (SSSR count). The highest BCUT2D eigenvalue weighted by Crippen LogP contribution is 2.14. The van der Waals surface area contributed by atoms with Crippen LogP contribution < -0.4 is 0 Å². The van der Waals surface area contributed by atoms with Crippen LogP contribution in [-0.4, -0.2) is 15.0 Å². The minimum absolute atomic E-state index is 0.0695. The largest absolute Gasteiger partial charge is 0.478 e. The van der Waals surface area contributed by atoms with Crippen molar-refractivity contribution in [2.24, 2.45) is 0 Å². The van der Waals surface area contributed by atoms with E-state index in [-0.39, 0.29) is 9.50 Å². The summed E-state index contributed by atoms with van der Waals surface area (Å²) in [7, 11) is 0. The van der Waals surface area contributed by atoms with E-state index in [2.05, 4.69) is 29.2 Å². The first kappa shape index (κ1) is 8.94. The predicted molar refractivity (Wildman–Crippen MR) is 44.9 cm³/mol. The van der Waals surface area contributed by atoms with E-state index in [0.29, 0.717) is 0 Å². The average Bonchev–Trinajstić information content (AvgIpc) is 1.84. The Kier molecular flexibility index (Phi) is 3.84. The Bertz CT molecular complexity index is 131. The Morgan fingerprint density at radius 1 is 1.89 bits per heavy atom. The highest BCUT2D eigenvalue weighted by Gasteiger charge is 2.11. The molecule has 0 spiro atoms. The topological polar surface area (TPSA) is 37.3 Å². The zero-order valence-corrected chi connectivity index (χ0v) is 7.38. The van der Waals surface area contributed by atoms with Crippen LogP contribution in [0, 0.1) is 0 Å². The molecule has 0 aliphatic heterocycles. The molecule has 0 saturated carbocycles. The Morgan fingerprint density at radius 3 is 2.44 bits per heavy atom. The number of carbonyl (C=O) groups is 1. The number of alkyl halides is 1. The molecule has 3 heteroatoms. The summed E-state index contributed by atoms with van der Waals surface area (Å²) in [5.74, 6) is -0.892. The summed E-state index contributed by atoms with van der Waals surface area (Å²) >= 11 is 2.07. The molecule has 52 valence electrons. The summed E-state index contributed by atoms with van der Waals surface area (Å²) in [6.45, 7) is 5.35. The molecule has 0 aromatic heterocycles. The van der Waals surface area contributed by atoms with E-state index < -0.39 is 5.97 Å². The molecule has 0 aliphatic carbocycles. The van der Waals surface area contributed by atoms with Gasteiger partial charge in [-0.2, -0.15) is 0 Å². The van der Waals surface area contributed by atoms with Crippen LogP contribution in [0.4, 0.5) is 0 Å². The number of carboxylic acid groups (broad SMARTS) is 1. The van der Waals surface area contributed by atoms with Crippen LogP contribution in [-0.2, 0) is 4.79 Å². The Hall–Kier alpha value is -0.0600. The van der Waals surface area contributed by atoms with Crippen LogP contribution in [0.2, 0.25) is 0 Å². The molecule has 1 unspecified atom stereocenters. The van der Waals surface area contributed by atoms with Gasteiger partial charge < -0.3 is 5.11 Å². The van der Waals surface area contributed by atoms with Gasteiger partial charge in [-0.05, 0) is 6.42 Å². The van der Waals surface area contributed by atoms with Crippen molar-refractivity contribution in [3.63, 3.8) is 0 Å². The van der Waals surface area contributed by atoms with Gasteiger partial charge in [-0.3, -0.25) is 0 Å². The van der Waals surface area contributed by atoms with Crippen molar-refractivity contribution in [2.45, 2.75) is 17.3 Å². The lowest BCUT2D eigenvalue weighted by Crippen LogP contribution is -2.09. The molecule has 9 heavy (non-hydrogen) atoms. The molecule has 1 atom stereocenters. The van der Waals surface area contributed by atoms with Crippen molar-refractivity contribution in [1.82, 2.24) is 0 Å². The third kappa shape index (κ3) is 2.84. The zero-order chi connectivity index (χ0) is 7.44. The van der Waals surface area contributed by atoms with Crippen LogP contribution in [0.15, 0.2) is 12.2 Å². The molecule has 0 bridgehead atoms. The van der Waals surface area contributed by atoms with Gasteiger partial charge in [0.15, 0.2) is 0 Å². The summed E-state index contributed by atoms with van der Waals surface area (Å²) in [6, 6.07) is 0. The third-order valence-electron chi connectivity index (χ3n) is 1.01. The van der Waals surface area contributed by atoms with Gasteiger partial charge in [-0.1, -0.05) is 36.1 Å². The van der Waals surface area contributed by atoms with Crippen LogP contribution in [0.25, 0.3) is 0 Å². The first-order valence-electron chi connectivity index (χ1n) is 2.65. The van der Waals surface area contributed by atoms with E-state index in [4.69, 9.17) is 5.11 Å². The Morgan fingerprint density at radius 2 is 2.33 bits per heavy atom. The van der Waals surface area contributed by atoms with E-state index in [0.717, 1.165) is 6.42 Å². The average molecular weight is 240 g/mol. The van der Waals surface area contributed by atoms with Gasteiger partial charge in [0.1, 0.15) is 0 Å². The minimum atomic E-state index is -0.892. The van der Waals surface area contributed by atoms with Crippen molar-refractivity contribution in [3.05, 3.63) is 12.2 Å². The molecular formula is C6H9IO2. The number of halogens is 1. The number of rotatable bonds is 3. The molecule has 0 aromatic carbocycles. The fourth-order valence-corrected chi connectivity index (χ4v) is 0.647. The molecule has 0 saturated heterocycles. The highest BCUT2D eigenvalue weighted by molar-refractivity contribution is 14.1. The molecule has 0 heterocycles. The first-order valence-corrected chi connectivity index (χ1v) is 3.90. The van der Waals surface area contributed by atoms with Crippen molar-refractivity contribution < 1.29 is 9.90 Å². The summed E-state index contributed by atoms with van der Waals surface area (Å²) in [5.41, 5.74) is 0.290. The quantitative estimate of drug-likeness (QED) is 0.464. The number of hydrogen-bond donors (Lipinski definition) is 1. The maximum atomic E-state index is 10.2. The summed E-state index contributed by atoms with van der Waals surface area (Å²) in [5, 5.41) is 8.38. The normalized spacial score (nSPS) is 12.7. The highest BCUT2D eigenvalue weighted by atomic mass is 127. The molecule has 1 N–H and O–H groups in total. The van der Waals surface area contributed by atoms with Crippen molar-refractivity contribution in [1.29, 1.82) is 0 Å². The Balaban J connectivity index is 3.88. The van der Waals surface area contributed by atoms with Crippen molar-refractivity contribution >= 4 is 28.6 Å². The molecule has 2 nitrogen and oxygen atoms in total. The molecule has 0 aromatic rings. The lowest BCUT2D eigenvalue weighted by Gasteiger charge is -2.03. The van der Waals surface area contributed by atoms with Gasteiger partial charge >= 0.3 is 5.97 Å². The number of aliphatic carboxylic acids is 1. The smallest absolute Gasteiger partial charge is 0.332 e. The summed E-state index contributed by atoms with van der Waals surface area (Å²) in [4.78, 5) is 10.2. The van der Waals surface area contributed by atoms with Crippen LogP contribution in [0.1, 0.15) is 13.3 Å². The van der Waals surface area contributed by atoms with Gasteiger partial charge in [0.25, 0.3) is 0 Å². The minimum Gasteiger partial charge on any atom is -0.478 e. The molecular weight excluding hydrogens is 231 g/mol. The summed E-state index contributed by atoms with van der Waals surface area (Å²) < 4.78 is 0.0695. The molecule has 0 amide bonds. The van der Waals surface area contributed by atoms with E-state index >= 15 is 0 Å². The van der Waals surface area contributed by atoms with Gasteiger partial charge in [0, 0.05) is 9.50 Å². The van der Waals surface area contributed by atoms with Gasteiger partial charge in [-0.25, -0.2) is 4.79 Å². The SMILES string of the molecule is C=C(C(=O)O)C(I)CC. The number of hydrogen-bond acceptors (Lipinski definition) is 1. The maximum absolute atomic E-state index is 10.2. The van der Waals surface area contributed by atoms with Crippen molar-refractivity contribution in [2.75, 3.05) is 0 Å². The summed E-state index contributed by atoms with van der Waals surface area (Å²) in [6.07, 6.45) is 0.825. The van der Waals surface area contributed by atoms with Gasteiger partial charge in [0.05, 0.1) is 0 Å². The molecule has 0 aliphatic rings. The monoisotopic (exact) mass is 240 g/mol. The maximum Gasteiger partial charge on any atom is 0.332 e. The second kappa shape index (κ2) is 3.87. The van der Waals surface area contributed by atoms with Crippen LogP contribution >= 0.6 is 22.6 Å². The molecule has 0 fully saturated rings. The van der Waals surface area contributed by atoms with Crippen LogP contribution in [0.3, 0.4) is 0 Å². The Labute approximate surface area is 68.1 Å². The second-order valence-electron chi connectivity index (χ2n) is 1.71. The predicted octanol–water partition coefficient (Wildman–Crippen LogP) is 1.84. The first-order chi connectivity index (χ1) is 4.09. The zero-order valence-electron chi connectivity index (χ0n) is 5.22. The third-order valence-corrected chi connectivity index (χ3v) is 2.64. The lowest BCUT2D eigenvalue weighted by molar-refractivity contribution is -0.132.